The summed E-state index contributed by atoms with van der Waals surface area (Å²) in [6.07, 6.45) is -12.3. The molecule has 0 aromatic heterocycles. The Kier molecular flexibility index (Phi) is 8.24. The SMILES string of the molecule is NC1CCN(C(=O)c2cccc(OC(F)(F)C(F)F)c2)CC1.O=C(O)C(F)(F)F. The zero-order valence-electron chi connectivity index (χ0n) is 14.6. The van der Waals surface area contributed by atoms with E-state index < -0.39 is 30.4 Å². The number of nitrogens with zero attached hydrogens (tertiary/aromatic N) is 1. The van der Waals surface area contributed by atoms with Gasteiger partial charge in [0.1, 0.15) is 5.75 Å². The Labute approximate surface area is 160 Å². The predicted molar refractivity (Wildman–Crippen MR) is 84.8 cm³/mol. The Morgan fingerprint density at radius 2 is 1.66 bits per heavy atom. The average molecular weight is 434 g/mol. The monoisotopic (exact) mass is 434 g/mol. The summed E-state index contributed by atoms with van der Waals surface area (Å²) in [5.74, 6) is -3.60. The number of rotatable bonds is 4. The lowest BCUT2D eigenvalue weighted by atomic mass is 10.0. The van der Waals surface area contributed by atoms with Gasteiger partial charge < -0.3 is 20.5 Å². The summed E-state index contributed by atoms with van der Waals surface area (Å²) in [5.41, 5.74) is 5.85. The van der Waals surface area contributed by atoms with Crippen LogP contribution in [0.3, 0.4) is 0 Å². The predicted octanol–water partition coefficient (Wildman–Crippen LogP) is 3.12. The Balaban J connectivity index is 0.000000516. The molecular formula is C16H17F7N2O4. The van der Waals surface area contributed by atoms with Crippen molar-refractivity contribution in [3.05, 3.63) is 29.8 Å². The third-order valence-electron chi connectivity index (χ3n) is 3.66. The van der Waals surface area contributed by atoms with E-state index in [4.69, 9.17) is 15.6 Å². The Bertz CT molecular complexity index is 705. The van der Waals surface area contributed by atoms with Crippen molar-refractivity contribution in [2.24, 2.45) is 5.73 Å². The highest BCUT2D eigenvalue weighted by Gasteiger charge is 2.44. The molecule has 1 aromatic rings. The average Bonchev–Trinajstić information content (AvgIpc) is 2.61. The number of hydrogen-bond donors (Lipinski definition) is 2. The topological polar surface area (TPSA) is 92.9 Å². The van der Waals surface area contributed by atoms with Crippen molar-refractivity contribution in [3.63, 3.8) is 0 Å². The number of ether oxygens (including phenoxy) is 1. The normalized spacial score (nSPS) is 15.6. The van der Waals surface area contributed by atoms with Crippen LogP contribution in [0.25, 0.3) is 0 Å². The highest BCUT2D eigenvalue weighted by Crippen LogP contribution is 2.28. The van der Waals surface area contributed by atoms with Gasteiger partial charge in [0.2, 0.25) is 0 Å². The maximum atomic E-state index is 12.9. The van der Waals surface area contributed by atoms with E-state index in [1.54, 1.807) is 4.90 Å². The van der Waals surface area contributed by atoms with E-state index in [1.165, 1.54) is 12.1 Å². The first-order valence-corrected chi connectivity index (χ1v) is 8.04. The second-order valence-corrected chi connectivity index (χ2v) is 5.92. The van der Waals surface area contributed by atoms with Gasteiger partial charge in [-0.05, 0) is 31.0 Å². The van der Waals surface area contributed by atoms with E-state index >= 15 is 0 Å². The lowest BCUT2D eigenvalue weighted by molar-refractivity contribution is -0.253. The number of carbonyl (C=O) groups excluding carboxylic acids is 1. The van der Waals surface area contributed by atoms with Gasteiger partial charge in [0.15, 0.2) is 0 Å². The minimum Gasteiger partial charge on any atom is -0.475 e. The molecule has 1 amide bonds. The third kappa shape index (κ3) is 7.75. The van der Waals surface area contributed by atoms with Crippen LogP contribution in [-0.4, -0.2) is 59.7 Å². The molecule has 29 heavy (non-hydrogen) atoms. The number of carbonyl (C=O) groups is 2. The molecule has 1 fully saturated rings. The van der Waals surface area contributed by atoms with Gasteiger partial charge in [0.05, 0.1) is 0 Å². The summed E-state index contributed by atoms with van der Waals surface area (Å²) in [4.78, 5) is 22.7. The van der Waals surface area contributed by atoms with Crippen molar-refractivity contribution in [3.8, 4) is 5.75 Å². The number of piperidine rings is 1. The van der Waals surface area contributed by atoms with Gasteiger partial charge in [-0.25, -0.2) is 4.79 Å². The molecule has 0 unspecified atom stereocenters. The minimum atomic E-state index is -5.08. The van der Waals surface area contributed by atoms with E-state index in [0.29, 0.717) is 25.9 Å². The summed E-state index contributed by atoms with van der Waals surface area (Å²) >= 11 is 0. The molecule has 1 saturated heterocycles. The fourth-order valence-corrected chi connectivity index (χ4v) is 2.18. The van der Waals surface area contributed by atoms with Crippen LogP contribution in [-0.2, 0) is 4.79 Å². The number of nitrogens with two attached hydrogens (primary N) is 1. The van der Waals surface area contributed by atoms with Crippen LogP contribution in [0.2, 0.25) is 0 Å². The molecule has 1 heterocycles. The molecule has 1 aliphatic rings. The summed E-state index contributed by atoms with van der Waals surface area (Å²) in [5, 5.41) is 7.12. The fraction of sp³-hybridized carbons (Fsp3) is 0.500. The highest BCUT2D eigenvalue weighted by atomic mass is 19.4. The van der Waals surface area contributed by atoms with Crippen molar-refractivity contribution in [1.82, 2.24) is 4.90 Å². The summed E-state index contributed by atoms with van der Waals surface area (Å²) in [7, 11) is 0. The van der Waals surface area contributed by atoms with Crippen molar-refractivity contribution in [2.75, 3.05) is 13.1 Å². The van der Waals surface area contributed by atoms with Gasteiger partial charge in [-0.15, -0.1) is 0 Å². The number of hydrogen-bond acceptors (Lipinski definition) is 4. The van der Waals surface area contributed by atoms with Gasteiger partial charge in [0, 0.05) is 24.7 Å². The molecule has 0 radical (unpaired) electrons. The van der Waals surface area contributed by atoms with Crippen LogP contribution in [0, 0.1) is 0 Å². The molecule has 0 atom stereocenters. The minimum absolute atomic E-state index is 0.0449. The molecule has 1 aromatic carbocycles. The highest BCUT2D eigenvalue weighted by molar-refractivity contribution is 5.94. The van der Waals surface area contributed by atoms with Gasteiger partial charge in [-0.1, -0.05) is 6.07 Å². The van der Waals surface area contributed by atoms with Gasteiger partial charge in [-0.2, -0.15) is 30.7 Å². The quantitative estimate of drug-likeness (QED) is 0.711. The molecule has 6 nitrogen and oxygen atoms in total. The first-order valence-electron chi connectivity index (χ1n) is 8.04. The molecule has 1 aliphatic heterocycles. The Hall–Kier alpha value is -2.57. The lowest BCUT2D eigenvalue weighted by Crippen LogP contribution is -2.42. The zero-order valence-corrected chi connectivity index (χ0v) is 14.6. The van der Waals surface area contributed by atoms with E-state index in [1.807, 2.05) is 0 Å². The molecule has 0 spiro atoms. The van der Waals surface area contributed by atoms with Gasteiger partial charge >= 0.3 is 24.7 Å². The van der Waals surface area contributed by atoms with Crippen LogP contribution in [0.4, 0.5) is 30.7 Å². The summed E-state index contributed by atoms with van der Waals surface area (Å²) in [6, 6.07) is 4.90. The molecule has 0 aliphatic carbocycles. The molecular weight excluding hydrogens is 417 g/mol. The maximum absolute atomic E-state index is 12.9. The lowest BCUT2D eigenvalue weighted by Gasteiger charge is -2.30. The molecule has 0 saturated carbocycles. The second kappa shape index (κ2) is 9.76. The molecule has 2 rings (SSSR count). The molecule has 13 heteroatoms. The van der Waals surface area contributed by atoms with E-state index in [9.17, 15) is 35.5 Å². The smallest absolute Gasteiger partial charge is 0.475 e. The van der Waals surface area contributed by atoms with Gasteiger partial charge in [-0.3, -0.25) is 4.79 Å². The third-order valence-corrected chi connectivity index (χ3v) is 3.66. The number of alkyl halides is 7. The number of aliphatic carboxylic acids is 1. The largest absolute Gasteiger partial charge is 0.490 e. The van der Waals surface area contributed by atoms with Crippen molar-refractivity contribution in [2.45, 2.75) is 37.6 Å². The van der Waals surface area contributed by atoms with Crippen LogP contribution >= 0.6 is 0 Å². The zero-order chi connectivity index (χ0) is 22.4. The Morgan fingerprint density at radius 3 is 2.10 bits per heavy atom. The first-order chi connectivity index (χ1) is 13.2. The van der Waals surface area contributed by atoms with Crippen molar-refractivity contribution >= 4 is 11.9 Å². The number of halogens is 7. The van der Waals surface area contributed by atoms with E-state index in [2.05, 4.69) is 4.74 Å². The molecule has 0 bridgehead atoms. The van der Waals surface area contributed by atoms with Crippen LogP contribution in [0.15, 0.2) is 24.3 Å². The number of carboxylic acid groups (broad SMARTS) is 1. The summed E-state index contributed by atoms with van der Waals surface area (Å²) < 4.78 is 85.7. The van der Waals surface area contributed by atoms with Crippen molar-refractivity contribution < 1.29 is 50.2 Å². The van der Waals surface area contributed by atoms with E-state index in [0.717, 1.165) is 12.1 Å². The van der Waals surface area contributed by atoms with Crippen molar-refractivity contribution in [1.29, 1.82) is 0 Å². The molecule has 164 valence electrons. The second-order valence-electron chi connectivity index (χ2n) is 5.92. The van der Waals surface area contributed by atoms with Crippen LogP contribution in [0.5, 0.6) is 5.75 Å². The maximum Gasteiger partial charge on any atom is 0.490 e. The Morgan fingerprint density at radius 1 is 1.14 bits per heavy atom. The fourth-order valence-electron chi connectivity index (χ4n) is 2.18. The number of likely N-dealkylation sites (tertiary alicyclic amines) is 1. The standard InChI is InChI=1S/C14H16F4N2O2.C2HF3O2/c15-13(16)14(17,18)22-11-3-1-2-9(8-11)12(21)20-6-4-10(19)5-7-20;3-2(4,5)1(6)7/h1-3,8,10,13H,4-7,19H2;(H,6,7). The van der Waals surface area contributed by atoms with E-state index in [-0.39, 0.29) is 17.5 Å². The van der Waals surface area contributed by atoms with Crippen LogP contribution in [0.1, 0.15) is 23.2 Å². The van der Waals surface area contributed by atoms with Crippen LogP contribution < -0.4 is 10.5 Å². The van der Waals surface area contributed by atoms with Gasteiger partial charge in [0.25, 0.3) is 5.91 Å². The number of benzene rings is 1. The number of amides is 1. The number of carboxylic acids is 1. The first kappa shape index (κ1) is 24.5. The molecule has 3 N–H and O–H groups in total. The summed E-state index contributed by atoms with van der Waals surface area (Å²) in [6.45, 7) is 0.941.